The van der Waals surface area contributed by atoms with Gasteiger partial charge < -0.3 is 5.32 Å². The van der Waals surface area contributed by atoms with Gasteiger partial charge in [-0.15, -0.1) is 10.2 Å². The van der Waals surface area contributed by atoms with Crippen molar-refractivity contribution in [2.75, 3.05) is 11.6 Å². The van der Waals surface area contributed by atoms with Gasteiger partial charge in [0.05, 0.1) is 0 Å². The summed E-state index contributed by atoms with van der Waals surface area (Å²) in [4.78, 5) is 16.4. The lowest BCUT2D eigenvalue weighted by molar-refractivity contribution is -0.118. The molecule has 2 N–H and O–H groups in total. The molecule has 0 unspecified atom stereocenters. The quantitative estimate of drug-likeness (QED) is 0.689. The summed E-state index contributed by atoms with van der Waals surface area (Å²) in [7, 11) is 0. The van der Waals surface area contributed by atoms with E-state index in [-0.39, 0.29) is 23.5 Å². The molecule has 3 aromatic rings. The summed E-state index contributed by atoms with van der Waals surface area (Å²) in [5, 5.41) is 12.8. The molecule has 2 aromatic carbocycles. The molecule has 1 amide bonds. The van der Waals surface area contributed by atoms with E-state index in [2.05, 4.69) is 25.9 Å². The lowest BCUT2D eigenvalue weighted by Gasteiger charge is -2.28. The van der Waals surface area contributed by atoms with E-state index in [1.54, 1.807) is 0 Å². The fourth-order valence-corrected chi connectivity index (χ4v) is 2.86. The SMILES string of the molecule is O=C1CN(c2nnc(-c3ccccc3)c(-c3ccccc3)n2)NC(=S)N1. The topological polar surface area (TPSA) is 83.0 Å². The first kappa shape index (κ1) is 16.1. The van der Waals surface area contributed by atoms with Crippen molar-refractivity contribution in [1.29, 1.82) is 0 Å². The summed E-state index contributed by atoms with van der Waals surface area (Å²) in [5.74, 6) is 0.0477. The van der Waals surface area contributed by atoms with Crippen molar-refractivity contribution in [3.05, 3.63) is 60.7 Å². The summed E-state index contributed by atoms with van der Waals surface area (Å²) in [6.45, 7) is 0.0424. The second-order valence-electron chi connectivity index (χ2n) is 5.62. The number of benzene rings is 2. The predicted molar refractivity (Wildman–Crippen MR) is 102 cm³/mol. The largest absolute Gasteiger partial charge is 0.300 e. The van der Waals surface area contributed by atoms with Gasteiger partial charge in [-0.3, -0.25) is 10.2 Å². The third kappa shape index (κ3) is 3.22. The van der Waals surface area contributed by atoms with Gasteiger partial charge in [0.15, 0.2) is 5.11 Å². The minimum atomic E-state index is -0.231. The van der Waals surface area contributed by atoms with E-state index in [9.17, 15) is 4.79 Å². The third-order valence-corrected chi connectivity index (χ3v) is 4.00. The molecule has 26 heavy (non-hydrogen) atoms. The zero-order valence-corrected chi connectivity index (χ0v) is 14.4. The number of nitrogens with zero attached hydrogens (tertiary/aromatic N) is 4. The van der Waals surface area contributed by atoms with Crippen molar-refractivity contribution < 1.29 is 4.79 Å². The number of thiocarbonyl (C=S) groups is 1. The minimum absolute atomic E-state index is 0.0424. The maximum Gasteiger partial charge on any atom is 0.265 e. The van der Waals surface area contributed by atoms with E-state index in [0.717, 1.165) is 11.1 Å². The van der Waals surface area contributed by atoms with Crippen LogP contribution in [0.3, 0.4) is 0 Å². The van der Waals surface area contributed by atoms with Crippen molar-refractivity contribution in [3.63, 3.8) is 0 Å². The molecule has 1 aromatic heterocycles. The number of amides is 1. The highest BCUT2D eigenvalue weighted by atomic mass is 32.1. The zero-order valence-electron chi connectivity index (χ0n) is 13.6. The van der Waals surface area contributed by atoms with Gasteiger partial charge in [0.2, 0.25) is 5.91 Å². The van der Waals surface area contributed by atoms with E-state index in [0.29, 0.717) is 11.4 Å². The molecular formula is C18H14N6OS. The molecule has 0 radical (unpaired) electrons. The number of carbonyl (C=O) groups is 1. The number of hydrogen-bond donors (Lipinski definition) is 2. The first-order valence-electron chi connectivity index (χ1n) is 7.94. The van der Waals surface area contributed by atoms with Crippen molar-refractivity contribution in [2.24, 2.45) is 0 Å². The number of rotatable bonds is 3. The Morgan fingerprint density at radius 1 is 0.885 bits per heavy atom. The molecule has 0 saturated carbocycles. The van der Waals surface area contributed by atoms with E-state index in [1.807, 2.05) is 60.7 Å². The predicted octanol–water partition coefficient (Wildman–Crippen LogP) is 1.93. The van der Waals surface area contributed by atoms with E-state index >= 15 is 0 Å². The second-order valence-corrected chi connectivity index (χ2v) is 6.02. The Labute approximate surface area is 155 Å². The van der Waals surface area contributed by atoms with Crippen LogP contribution in [-0.2, 0) is 4.79 Å². The molecule has 1 aliphatic heterocycles. The molecule has 1 saturated heterocycles. The van der Waals surface area contributed by atoms with E-state index < -0.39 is 0 Å². The molecular weight excluding hydrogens is 348 g/mol. The van der Waals surface area contributed by atoms with Gasteiger partial charge in [-0.2, -0.15) is 0 Å². The first-order chi connectivity index (χ1) is 12.7. The van der Waals surface area contributed by atoms with Gasteiger partial charge in [0.25, 0.3) is 5.95 Å². The van der Waals surface area contributed by atoms with Crippen molar-refractivity contribution >= 4 is 29.2 Å². The lowest BCUT2D eigenvalue weighted by atomic mass is 10.0. The summed E-state index contributed by atoms with van der Waals surface area (Å²) >= 11 is 5.03. The molecule has 7 nitrogen and oxygen atoms in total. The van der Waals surface area contributed by atoms with Crippen LogP contribution < -0.4 is 15.8 Å². The molecule has 0 aliphatic carbocycles. The highest BCUT2D eigenvalue weighted by molar-refractivity contribution is 7.80. The Kier molecular flexibility index (Phi) is 4.24. The van der Waals surface area contributed by atoms with Crippen LogP contribution in [0.4, 0.5) is 5.95 Å². The Bertz CT molecular complexity index is 948. The molecule has 128 valence electrons. The molecule has 0 atom stereocenters. The van der Waals surface area contributed by atoms with Crippen LogP contribution in [0.2, 0.25) is 0 Å². The van der Waals surface area contributed by atoms with Crippen LogP contribution in [0.15, 0.2) is 60.7 Å². The van der Waals surface area contributed by atoms with Crippen LogP contribution >= 0.6 is 12.2 Å². The molecule has 1 fully saturated rings. The lowest BCUT2D eigenvalue weighted by Crippen LogP contribution is -2.59. The molecule has 2 heterocycles. The smallest absolute Gasteiger partial charge is 0.265 e. The van der Waals surface area contributed by atoms with Gasteiger partial charge >= 0.3 is 0 Å². The minimum Gasteiger partial charge on any atom is -0.300 e. The second kappa shape index (κ2) is 6.85. The Morgan fingerprint density at radius 3 is 2.12 bits per heavy atom. The normalized spacial score (nSPS) is 13.9. The first-order valence-corrected chi connectivity index (χ1v) is 8.35. The number of nitrogens with one attached hydrogen (secondary N) is 2. The number of hydrogen-bond acceptors (Lipinski definition) is 6. The van der Waals surface area contributed by atoms with Gasteiger partial charge in [0, 0.05) is 11.1 Å². The maximum atomic E-state index is 11.7. The summed E-state index contributed by atoms with van der Waals surface area (Å²) in [5.41, 5.74) is 6.04. The summed E-state index contributed by atoms with van der Waals surface area (Å²) in [6.07, 6.45) is 0. The van der Waals surface area contributed by atoms with Crippen LogP contribution in [0.1, 0.15) is 0 Å². The van der Waals surface area contributed by atoms with Crippen molar-refractivity contribution in [2.45, 2.75) is 0 Å². The highest BCUT2D eigenvalue weighted by Crippen LogP contribution is 2.29. The molecule has 4 rings (SSSR count). The fraction of sp³-hybridized carbons (Fsp3) is 0.0556. The Morgan fingerprint density at radius 2 is 1.50 bits per heavy atom. The third-order valence-electron chi connectivity index (χ3n) is 3.80. The van der Waals surface area contributed by atoms with Crippen LogP contribution in [0.5, 0.6) is 0 Å². The average molecular weight is 362 g/mol. The average Bonchev–Trinajstić information content (AvgIpc) is 2.68. The standard InChI is InChI=1S/C18H14N6OS/c25-14-11-24(23-18(26)19-14)17-20-15(12-7-3-1-4-8-12)16(21-22-17)13-9-5-2-6-10-13/h1-10H,11H2,(H2,19,23,25,26). The van der Waals surface area contributed by atoms with Crippen molar-refractivity contribution in [3.8, 4) is 22.5 Å². The Balaban J connectivity index is 1.82. The van der Waals surface area contributed by atoms with E-state index in [4.69, 9.17) is 12.2 Å². The van der Waals surface area contributed by atoms with Crippen LogP contribution in [0.25, 0.3) is 22.5 Å². The monoisotopic (exact) mass is 362 g/mol. The van der Waals surface area contributed by atoms with Gasteiger partial charge in [-0.25, -0.2) is 9.99 Å². The summed E-state index contributed by atoms with van der Waals surface area (Å²) in [6, 6.07) is 19.5. The van der Waals surface area contributed by atoms with Gasteiger partial charge in [0.1, 0.15) is 17.9 Å². The number of anilines is 1. The molecule has 0 bridgehead atoms. The number of aromatic nitrogens is 3. The number of hydrazine groups is 1. The van der Waals surface area contributed by atoms with E-state index in [1.165, 1.54) is 5.01 Å². The molecule has 1 aliphatic rings. The van der Waals surface area contributed by atoms with Crippen LogP contribution in [-0.4, -0.2) is 32.7 Å². The highest BCUT2D eigenvalue weighted by Gasteiger charge is 2.23. The van der Waals surface area contributed by atoms with Gasteiger partial charge in [-0.05, 0) is 12.2 Å². The molecule has 8 heteroatoms. The maximum absolute atomic E-state index is 11.7. The Hall–Kier alpha value is -3.39. The van der Waals surface area contributed by atoms with Crippen molar-refractivity contribution in [1.82, 2.24) is 25.9 Å². The molecule has 0 spiro atoms. The fourth-order valence-electron chi connectivity index (χ4n) is 2.64. The van der Waals surface area contributed by atoms with Crippen LogP contribution in [0, 0.1) is 0 Å². The zero-order chi connectivity index (χ0) is 17.9. The van der Waals surface area contributed by atoms with Gasteiger partial charge in [-0.1, -0.05) is 60.7 Å². The number of carbonyl (C=O) groups excluding carboxylic acids is 1. The summed E-state index contributed by atoms with van der Waals surface area (Å²) < 4.78 is 0.